The molecule has 5 rings (SSSR count). The van der Waals surface area contributed by atoms with Gasteiger partial charge in [-0.05, 0) is 25.1 Å². The van der Waals surface area contributed by atoms with Gasteiger partial charge in [0.2, 0.25) is 17.5 Å². The van der Waals surface area contributed by atoms with Crippen LogP contribution >= 0.6 is 0 Å². The molecule has 3 heterocycles. The van der Waals surface area contributed by atoms with E-state index in [1.54, 1.807) is 0 Å². The minimum atomic E-state index is -1.97. The third kappa shape index (κ3) is 6.61. The highest BCUT2D eigenvalue weighted by molar-refractivity contribution is 5.88. The van der Waals surface area contributed by atoms with E-state index in [4.69, 9.17) is 23.4 Å². The van der Waals surface area contributed by atoms with Gasteiger partial charge in [-0.1, -0.05) is 0 Å². The third-order valence-electron chi connectivity index (χ3n) is 7.29. The lowest BCUT2D eigenvalue weighted by atomic mass is 9.98. The van der Waals surface area contributed by atoms with Gasteiger partial charge in [-0.3, -0.25) is 4.79 Å². The summed E-state index contributed by atoms with van der Waals surface area (Å²) in [6, 6.07) is 5.24. The molecule has 0 radical (unpaired) electrons. The summed E-state index contributed by atoms with van der Waals surface area (Å²) in [5.74, 6) is -3.33. The van der Waals surface area contributed by atoms with E-state index in [1.165, 1.54) is 13.0 Å². The first-order valence-corrected chi connectivity index (χ1v) is 13.0. The van der Waals surface area contributed by atoms with Crippen LogP contribution in [0.1, 0.15) is 6.92 Å². The molecule has 2 aliphatic rings. The van der Waals surface area contributed by atoms with Crippen molar-refractivity contribution in [2.24, 2.45) is 0 Å². The van der Waals surface area contributed by atoms with Crippen LogP contribution in [0.15, 0.2) is 39.5 Å². The third-order valence-corrected chi connectivity index (χ3v) is 7.29. The molecule has 10 unspecified atom stereocenters. The quantitative estimate of drug-likeness (QED) is 0.117. The Morgan fingerprint density at radius 1 is 0.733 bits per heavy atom. The van der Waals surface area contributed by atoms with E-state index in [0.29, 0.717) is 0 Å². The van der Waals surface area contributed by atoms with Crippen LogP contribution < -0.4 is 10.2 Å². The summed E-state index contributed by atoms with van der Waals surface area (Å²) in [7, 11) is 0. The molecule has 10 atom stereocenters. The highest BCUT2D eigenvalue weighted by atomic mass is 16.7. The summed E-state index contributed by atoms with van der Waals surface area (Å²) in [6.45, 7) is 0.818. The van der Waals surface area contributed by atoms with Crippen LogP contribution in [0.4, 0.5) is 0 Å². The lowest BCUT2D eigenvalue weighted by Crippen LogP contribution is -2.61. The second-order valence-electron chi connectivity index (χ2n) is 10.3. The maximum absolute atomic E-state index is 13.6. The molecule has 18 nitrogen and oxygen atoms in total. The predicted molar refractivity (Wildman–Crippen MR) is 147 cm³/mol. The Morgan fingerprint density at radius 2 is 1.38 bits per heavy atom. The molecule has 1 aromatic heterocycles. The number of hydrogen-bond donors (Lipinski definition) is 10. The molecule has 0 aliphatic carbocycles. The first-order chi connectivity index (χ1) is 20.3. The number of ether oxygens (including phenoxy) is 4. The molecule has 2 fully saturated rings. The van der Waals surface area contributed by atoms with E-state index in [-0.39, 0.29) is 22.1 Å². The largest absolute Gasteiger partial charge is 0.508 e. The van der Waals surface area contributed by atoms with Crippen LogP contribution in [0.25, 0.3) is 22.3 Å². The van der Waals surface area contributed by atoms with Gasteiger partial charge in [0, 0.05) is 17.7 Å². The van der Waals surface area contributed by atoms with Gasteiger partial charge in [-0.15, -0.1) is 0 Å². The van der Waals surface area contributed by atoms with Gasteiger partial charge < -0.3 is 85.4 Å². The molecular formula is C27H34O18. The standard InChI is InChI=1S/C27H30O16.2H2O/c1-8-17(32)20(35)22(37)26(40-8)39-7-15-18(33)21(36)23(38)27(42-15)43-25-19(34)16-13(31)5-10(28)6-14(16)41-24(25)9-2-3-11(29)12(30)4-9;;/h2-6,8,15,17-18,20-23,26-33,35-38H,7H2,1H3;2*1H2. The predicted octanol–water partition coefficient (Wildman–Crippen LogP) is -3.34. The van der Waals surface area contributed by atoms with Crippen LogP contribution in [0.5, 0.6) is 28.7 Å². The molecule has 14 N–H and O–H groups in total. The van der Waals surface area contributed by atoms with Crippen molar-refractivity contribution in [3.05, 3.63) is 40.6 Å². The topological polar surface area (TPSA) is 332 Å². The van der Waals surface area contributed by atoms with Gasteiger partial charge in [0.1, 0.15) is 65.2 Å². The van der Waals surface area contributed by atoms with Crippen molar-refractivity contribution in [3.63, 3.8) is 0 Å². The van der Waals surface area contributed by atoms with Crippen LogP contribution in [0.2, 0.25) is 0 Å². The van der Waals surface area contributed by atoms with E-state index < -0.39 is 113 Å². The molecule has 2 aromatic carbocycles. The normalized spacial score (nSPS) is 31.5. The van der Waals surface area contributed by atoms with E-state index in [9.17, 15) is 55.9 Å². The summed E-state index contributed by atoms with van der Waals surface area (Å²) in [5, 5.41) is 101. The smallest absolute Gasteiger partial charge is 0.239 e. The zero-order chi connectivity index (χ0) is 31.3. The lowest BCUT2D eigenvalue weighted by Gasteiger charge is -2.42. The van der Waals surface area contributed by atoms with Gasteiger partial charge in [-0.25, -0.2) is 0 Å². The van der Waals surface area contributed by atoms with Crippen molar-refractivity contribution < 1.29 is 85.4 Å². The maximum atomic E-state index is 13.6. The monoisotopic (exact) mass is 646 g/mol. The average Bonchev–Trinajstić information content (AvgIpc) is 2.96. The zero-order valence-electron chi connectivity index (χ0n) is 23.3. The molecule has 0 bridgehead atoms. The number of aromatic hydroxyl groups is 4. The number of fused-ring (bicyclic) bond motifs is 1. The fraction of sp³-hybridized carbons (Fsp3) is 0.444. The number of rotatable bonds is 6. The maximum Gasteiger partial charge on any atom is 0.239 e. The Kier molecular flexibility index (Phi) is 10.9. The fourth-order valence-corrected chi connectivity index (χ4v) is 4.84. The lowest BCUT2D eigenvalue weighted by molar-refractivity contribution is -0.318. The van der Waals surface area contributed by atoms with Crippen molar-refractivity contribution in [2.75, 3.05) is 6.61 Å². The van der Waals surface area contributed by atoms with Crippen LogP contribution in [0.3, 0.4) is 0 Å². The van der Waals surface area contributed by atoms with Crippen LogP contribution in [-0.2, 0) is 14.2 Å². The SMILES string of the molecule is CC1OC(OCC2OC(Oc3c(-c4ccc(O)c(O)c4)oc4cc(O)cc(O)c4c3=O)C(O)C(O)C2O)C(O)C(O)C1O.O.O. The molecule has 0 amide bonds. The second kappa shape index (κ2) is 13.7. The number of phenols is 4. The fourth-order valence-electron chi connectivity index (χ4n) is 4.84. The van der Waals surface area contributed by atoms with E-state index in [0.717, 1.165) is 24.3 Å². The minimum Gasteiger partial charge on any atom is -0.508 e. The molecule has 45 heavy (non-hydrogen) atoms. The van der Waals surface area contributed by atoms with Gasteiger partial charge in [0.25, 0.3) is 0 Å². The highest BCUT2D eigenvalue weighted by Gasteiger charge is 2.47. The molecule has 250 valence electrons. The second-order valence-corrected chi connectivity index (χ2v) is 10.3. The Hall–Kier alpha value is -3.79. The number of aliphatic hydroxyl groups excluding tert-OH is 6. The van der Waals surface area contributed by atoms with Gasteiger partial charge in [-0.2, -0.15) is 0 Å². The average molecular weight is 647 g/mol. The van der Waals surface area contributed by atoms with Crippen LogP contribution in [0, 0.1) is 0 Å². The first-order valence-electron chi connectivity index (χ1n) is 13.0. The van der Waals surface area contributed by atoms with Crippen molar-refractivity contribution in [2.45, 2.75) is 68.3 Å². The molecule has 2 saturated heterocycles. The van der Waals surface area contributed by atoms with Crippen molar-refractivity contribution in [1.82, 2.24) is 0 Å². The van der Waals surface area contributed by atoms with E-state index in [2.05, 4.69) is 0 Å². The molecule has 18 heteroatoms. The Labute approximate surface area is 252 Å². The number of phenolic OH excluding ortho intramolecular Hbond substituents is 4. The molecule has 2 aliphatic heterocycles. The summed E-state index contributed by atoms with van der Waals surface area (Å²) in [4.78, 5) is 13.6. The molecule has 3 aromatic rings. The summed E-state index contributed by atoms with van der Waals surface area (Å²) in [5.41, 5.74) is -1.35. The van der Waals surface area contributed by atoms with Gasteiger partial charge in [0.15, 0.2) is 23.5 Å². The Bertz CT molecular complexity index is 1540. The Balaban J connectivity index is 0.00000276. The van der Waals surface area contributed by atoms with Crippen molar-refractivity contribution in [3.8, 4) is 40.1 Å². The minimum absolute atomic E-state index is 0. The van der Waals surface area contributed by atoms with Gasteiger partial charge >= 0.3 is 0 Å². The molecule has 0 saturated carbocycles. The molecule has 0 spiro atoms. The zero-order valence-corrected chi connectivity index (χ0v) is 23.3. The van der Waals surface area contributed by atoms with E-state index in [1.807, 2.05) is 0 Å². The number of benzene rings is 2. The van der Waals surface area contributed by atoms with Crippen molar-refractivity contribution in [1.29, 1.82) is 0 Å². The van der Waals surface area contributed by atoms with Gasteiger partial charge in [0.05, 0.1) is 12.7 Å². The highest BCUT2D eigenvalue weighted by Crippen LogP contribution is 2.39. The summed E-state index contributed by atoms with van der Waals surface area (Å²) < 4.78 is 27.8. The number of aliphatic hydroxyl groups is 6. The Morgan fingerprint density at radius 3 is 2.04 bits per heavy atom. The van der Waals surface area contributed by atoms with E-state index >= 15 is 0 Å². The van der Waals surface area contributed by atoms with Crippen molar-refractivity contribution >= 4 is 11.0 Å². The number of hydrogen-bond acceptors (Lipinski definition) is 16. The first kappa shape index (κ1) is 35.7. The summed E-state index contributed by atoms with van der Waals surface area (Å²) >= 11 is 0. The molecular weight excluding hydrogens is 612 g/mol. The summed E-state index contributed by atoms with van der Waals surface area (Å²) in [6.07, 6.45) is -16.2. The van der Waals surface area contributed by atoms with Crippen LogP contribution in [-0.4, -0.2) is 130 Å².